The van der Waals surface area contributed by atoms with Gasteiger partial charge in [0.2, 0.25) is 0 Å². The van der Waals surface area contributed by atoms with Crippen LogP contribution in [0.15, 0.2) is 48.0 Å². The molecule has 0 amide bonds. The third kappa shape index (κ3) is 7.43. The first-order valence-electron chi connectivity index (χ1n) is 15.0. The lowest BCUT2D eigenvalue weighted by atomic mass is 9.68. The van der Waals surface area contributed by atoms with E-state index in [9.17, 15) is 26.3 Å². The first kappa shape index (κ1) is 30.7. The number of halogens is 7. The van der Waals surface area contributed by atoms with Gasteiger partial charge in [-0.1, -0.05) is 38.0 Å². The minimum atomic E-state index is -5.12. The summed E-state index contributed by atoms with van der Waals surface area (Å²) < 4.78 is 104. The number of hydrogen-bond acceptors (Lipinski definition) is 2. The average molecular weight is 599 g/mol. The van der Waals surface area contributed by atoms with Crippen LogP contribution in [0.4, 0.5) is 30.7 Å². The summed E-state index contributed by atoms with van der Waals surface area (Å²) in [5, 5.41) is 0. The second-order valence-corrected chi connectivity index (χ2v) is 12.4. The highest BCUT2D eigenvalue weighted by molar-refractivity contribution is 5.35. The van der Waals surface area contributed by atoms with Crippen molar-refractivity contribution < 1.29 is 40.2 Å². The van der Waals surface area contributed by atoms with Crippen molar-refractivity contribution in [2.45, 2.75) is 102 Å². The third-order valence-corrected chi connectivity index (χ3v) is 9.59. The molecule has 0 saturated heterocycles. The number of alkyl halides is 5. The number of rotatable bonds is 7. The predicted octanol–water partition coefficient (Wildman–Crippen LogP) is 10.8. The molecule has 0 bridgehead atoms. The van der Waals surface area contributed by atoms with Crippen LogP contribution in [0, 0.1) is 29.4 Å². The van der Waals surface area contributed by atoms with E-state index in [2.05, 4.69) is 16.4 Å². The van der Waals surface area contributed by atoms with Crippen LogP contribution in [0.3, 0.4) is 0 Å². The Morgan fingerprint density at radius 1 is 0.690 bits per heavy atom. The van der Waals surface area contributed by atoms with Gasteiger partial charge in [0, 0.05) is 11.6 Å². The van der Waals surface area contributed by atoms with Crippen LogP contribution in [0.5, 0.6) is 11.5 Å². The molecule has 2 aromatic carbocycles. The van der Waals surface area contributed by atoms with Crippen LogP contribution in [-0.4, -0.2) is 12.5 Å². The second kappa shape index (κ2) is 12.5. The Morgan fingerprint density at radius 2 is 1.36 bits per heavy atom. The Bertz CT molecular complexity index is 1260. The lowest BCUT2D eigenvalue weighted by Crippen LogP contribution is -2.29. The SMILES string of the molecule is CC1CCC(C2CCC(c3ccc(C4CC=C(C(F)(F)Oc5ccc(OC(F)(F)F)c(F)c5)CC4)c(F)c3)CC2)CC1. The Labute approximate surface area is 242 Å². The Morgan fingerprint density at radius 3 is 1.93 bits per heavy atom. The maximum atomic E-state index is 15.3. The topological polar surface area (TPSA) is 18.5 Å². The highest BCUT2D eigenvalue weighted by atomic mass is 19.4. The van der Waals surface area contributed by atoms with Crippen LogP contribution in [0.2, 0.25) is 0 Å². The van der Waals surface area contributed by atoms with E-state index in [1.165, 1.54) is 44.6 Å². The van der Waals surface area contributed by atoms with Gasteiger partial charge >= 0.3 is 12.5 Å². The summed E-state index contributed by atoms with van der Waals surface area (Å²) >= 11 is 0. The van der Waals surface area contributed by atoms with E-state index in [0.717, 1.165) is 42.2 Å². The molecule has 0 spiro atoms. The second-order valence-electron chi connectivity index (χ2n) is 12.4. The smallest absolute Gasteiger partial charge is 0.429 e. The molecule has 2 nitrogen and oxygen atoms in total. The van der Waals surface area contributed by atoms with Crippen molar-refractivity contribution in [1.82, 2.24) is 0 Å². The first-order valence-corrected chi connectivity index (χ1v) is 15.0. The quantitative estimate of drug-likeness (QED) is 0.233. The molecule has 0 heterocycles. The number of benzene rings is 2. The van der Waals surface area contributed by atoms with Gasteiger partial charge in [-0.25, -0.2) is 8.78 Å². The van der Waals surface area contributed by atoms with Gasteiger partial charge in [-0.3, -0.25) is 0 Å². The van der Waals surface area contributed by atoms with Crippen molar-refractivity contribution in [3.8, 4) is 11.5 Å². The lowest BCUT2D eigenvalue weighted by Gasteiger charge is -2.37. The minimum absolute atomic E-state index is 0.0689. The maximum absolute atomic E-state index is 15.3. The summed E-state index contributed by atoms with van der Waals surface area (Å²) in [6.07, 6.45) is 2.64. The number of allylic oxidation sites excluding steroid dienone is 1. The van der Waals surface area contributed by atoms with Crippen molar-refractivity contribution in [1.29, 1.82) is 0 Å². The van der Waals surface area contributed by atoms with Crippen molar-refractivity contribution in [3.05, 3.63) is 70.8 Å². The van der Waals surface area contributed by atoms with Crippen LogP contribution in [-0.2, 0) is 0 Å². The van der Waals surface area contributed by atoms with E-state index in [-0.39, 0.29) is 36.6 Å². The molecule has 2 aromatic rings. The van der Waals surface area contributed by atoms with Gasteiger partial charge in [0.05, 0.1) is 0 Å². The molecule has 0 aromatic heterocycles. The van der Waals surface area contributed by atoms with Crippen LogP contribution in [0.25, 0.3) is 0 Å². The van der Waals surface area contributed by atoms with E-state index >= 15 is 4.39 Å². The average Bonchev–Trinajstić information content (AvgIpc) is 2.94. The Hall–Kier alpha value is -2.71. The molecule has 0 aliphatic heterocycles. The summed E-state index contributed by atoms with van der Waals surface area (Å²) in [5.41, 5.74) is 1.18. The third-order valence-electron chi connectivity index (χ3n) is 9.59. The van der Waals surface area contributed by atoms with Crippen molar-refractivity contribution in [2.24, 2.45) is 17.8 Å². The van der Waals surface area contributed by atoms with E-state index in [1.54, 1.807) is 12.1 Å². The van der Waals surface area contributed by atoms with E-state index in [4.69, 9.17) is 0 Å². The van der Waals surface area contributed by atoms with Gasteiger partial charge in [-0.15, -0.1) is 13.2 Å². The van der Waals surface area contributed by atoms with Gasteiger partial charge in [0.1, 0.15) is 11.6 Å². The summed E-state index contributed by atoms with van der Waals surface area (Å²) in [4.78, 5) is 0. The van der Waals surface area contributed by atoms with Crippen LogP contribution < -0.4 is 9.47 Å². The van der Waals surface area contributed by atoms with Gasteiger partial charge in [0.15, 0.2) is 11.6 Å². The minimum Gasteiger partial charge on any atom is -0.429 e. The number of ether oxygens (including phenoxy) is 2. The Kier molecular flexibility index (Phi) is 9.14. The monoisotopic (exact) mass is 598 g/mol. The molecule has 9 heteroatoms. The lowest BCUT2D eigenvalue weighted by molar-refractivity contribution is -0.275. The molecule has 2 fully saturated rings. The fourth-order valence-corrected chi connectivity index (χ4v) is 7.16. The van der Waals surface area contributed by atoms with Crippen molar-refractivity contribution >= 4 is 0 Å². The fourth-order valence-electron chi connectivity index (χ4n) is 7.16. The zero-order chi connectivity index (χ0) is 30.1. The van der Waals surface area contributed by atoms with Crippen molar-refractivity contribution in [3.63, 3.8) is 0 Å². The standard InChI is InChI=1S/C33H37F7O2/c1-20-2-4-21(5-3-20)22-6-8-23(9-7-22)25-12-16-28(29(34)18-25)24-10-13-26(14-11-24)32(36,37)41-27-15-17-31(30(35)19-27)42-33(38,39)40/h12-13,15-24H,2-11,14H2,1H3. The van der Waals surface area contributed by atoms with Gasteiger partial charge in [0.25, 0.3) is 0 Å². The molecule has 1 unspecified atom stereocenters. The molecular weight excluding hydrogens is 561 g/mol. The molecule has 1 atom stereocenters. The molecule has 3 aliphatic rings. The van der Waals surface area contributed by atoms with E-state index < -0.39 is 29.8 Å². The van der Waals surface area contributed by atoms with Gasteiger partial charge < -0.3 is 9.47 Å². The van der Waals surface area contributed by atoms with E-state index in [0.29, 0.717) is 23.6 Å². The molecule has 2 saturated carbocycles. The Balaban J connectivity index is 1.16. The summed E-state index contributed by atoms with van der Waals surface area (Å²) in [5.74, 6) is -1.03. The molecule has 0 N–H and O–H groups in total. The van der Waals surface area contributed by atoms with Gasteiger partial charge in [-0.2, -0.15) is 8.78 Å². The normalized spacial score (nSPS) is 27.3. The molecule has 3 aliphatic carbocycles. The first-order chi connectivity index (χ1) is 19.9. The predicted molar refractivity (Wildman–Crippen MR) is 146 cm³/mol. The molecule has 0 radical (unpaired) electrons. The number of hydrogen-bond donors (Lipinski definition) is 0. The summed E-state index contributed by atoms with van der Waals surface area (Å²) in [7, 11) is 0. The van der Waals surface area contributed by atoms with Crippen LogP contribution >= 0.6 is 0 Å². The molecule has 5 rings (SSSR count). The highest BCUT2D eigenvalue weighted by Gasteiger charge is 2.40. The fraction of sp³-hybridized carbons (Fsp3) is 0.576. The van der Waals surface area contributed by atoms with E-state index in [1.807, 2.05) is 6.07 Å². The van der Waals surface area contributed by atoms with Crippen molar-refractivity contribution in [2.75, 3.05) is 0 Å². The molecular formula is C33H37F7O2. The molecule has 42 heavy (non-hydrogen) atoms. The van der Waals surface area contributed by atoms with Crippen LogP contribution in [0.1, 0.15) is 101 Å². The van der Waals surface area contributed by atoms with Gasteiger partial charge in [-0.05, 0) is 117 Å². The molecule has 230 valence electrons. The zero-order valence-corrected chi connectivity index (χ0v) is 23.7. The summed E-state index contributed by atoms with van der Waals surface area (Å²) in [6.45, 7) is 2.34. The zero-order valence-electron chi connectivity index (χ0n) is 23.7. The maximum Gasteiger partial charge on any atom is 0.573 e. The largest absolute Gasteiger partial charge is 0.573 e. The highest BCUT2D eigenvalue weighted by Crippen LogP contribution is 2.45. The summed E-state index contributed by atoms with van der Waals surface area (Å²) in [6, 6.07) is 7.19.